The van der Waals surface area contributed by atoms with Crippen molar-refractivity contribution in [3.63, 3.8) is 0 Å². The fourth-order valence-corrected chi connectivity index (χ4v) is 4.92. The minimum atomic E-state index is 0.663. The molecule has 0 radical (unpaired) electrons. The molecule has 2 nitrogen and oxygen atoms in total. The maximum atomic E-state index is 6.22. The second kappa shape index (κ2) is 14.3. The minimum Gasteiger partial charge on any atom is -0.245 e. The highest BCUT2D eigenvalue weighted by molar-refractivity contribution is 6.31. The summed E-state index contributed by atoms with van der Waals surface area (Å²) in [5.41, 5.74) is 6.59. The molecule has 0 unspecified atom stereocenters. The van der Waals surface area contributed by atoms with Crippen molar-refractivity contribution in [1.82, 2.24) is 9.97 Å². The van der Waals surface area contributed by atoms with Gasteiger partial charge >= 0.3 is 0 Å². The monoisotopic (exact) mass is 624 g/mol. The molecule has 1 heterocycles. The van der Waals surface area contributed by atoms with E-state index in [1.807, 2.05) is 146 Å². The normalized spacial score (nSPS) is 11.9. The molecule has 0 aliphatic rings. The molecule has 0 N–H and O–H groups in total. The average Bonchev–Trinajstić information content (AvgIpc) is 2.97. The predicted molar refractivity (Wildman–Crippen MR) is 184 cm³/mol. The maximum absolute atomic E-state index is 6.22. The van der Waals surface area contributed by atoms with Gasteiger partial charge in [0.25, 0.3) is 0 Å². The van der Waals surface area contributed by atoms with Gasteiger partial charge < -0.3 is 0 Å². The van der Waals surface area contributed by atoms with Crippen molar-refractivity contribution in [2.24, 2.45) is 0 Å². The van der Waals surface area contributed by atoms with Crippen LogP contribution < -0.4 is 0 Å². The number of aromatic nitrogens is 2. The summed E-state index contributed by atoms with van der Waals surface area (Å²) in [4.78, 5) is 10.1. The van der Waals surface area contributed by atoms with Gasteiger partial charge in [-0.25, -0.2) is 9.97 Å². The summed E-state index contributed by atoms with van der Waals surface area (Å²) in [5.74, 6) is 0. The van der Waals surface area contributed by atoms with Gasteiger partial charge in [-0.15, -0.1) is 0 Å². The summed E-state index contributed by atoms with van der Waals surface area (Å²) >= 11 is 24.9. The number of benzene rings is 4. The third-order valence-corrected chi connectivity index (χ3v) is 7.08. The first-order valence-electron chi connectivity index (χ1n) is 13.1. The lowest BCUT2D eigenvalue weighted by molar-refractivity contribution is 1.12. The van der Waals surface area contributed by atoms with Gasteiger partial charge in [0, 0.05) is 20.1 Å². The SMILES string of the molecule is Clc1cccc(C=Cc2nc(C=Cc3cccc(Cl)c3)c(C=Cc3cccc(Cl)c3)nc2C=Cc2cccc(Cl)c2)c1. The van der Waals surface area contributed by atoms with Gasteiger partial charge in [0.1, 0.15) is 0 Å². The van der Waals surface area contributed by atoms with Crippen molar-refractivity contribution in [3.05, 3.63) is 162 Å². The van der Waals surface area contributed by atoms with E-state index in [9.17, 15) is 0 Å². The molecule has 0 saturated heterocycles. The number of nitrogens with zero attached hydrogens (tertiary/aromatic N) is 2. The van der Waals surface area contributed by atoms with Crippen LogP contribution in [0.2, 0.25) is 20.1 Å². The van der Waals surface area contributed by atoms with Crippen LogP contribution in [-0.2, 0) is 0 Å². The van der Waals surface area contributed by atoms with E-state index < -0.39 is 0 Å². The Morgan fingerprint density at radius 1 is 0.333 bits per heavy atom. The lowest BCUT2D eigenvalue weighted by Gasteiger charge is -2.08. The molecule has 0 aliphatic carbocycles. The first kappa shape index (κ1) is 29.6. The Morgan fingerprint density at radius 2 is 0.571 bits per heavy atom. The number of halogens is 4. The molecular weight excluding hydrogens is 602 g/mol. The summed E-state index contributed by atoms with van der Waals surface area (Å²) in [7, 11) is 0. The van der Waals surface area contributed by atoms with Gasteiger partial charge in [0.05, 0.1) is 22.8 Å². The largest absolute Gasteiger partial charge is 0.245 e. The molecule has 0 spiro atoms. The Bertz CT molecular complexity index is 1570. The fourth-order valence-electron chi connectivity index (χ4n) is 4.12. The lowest BCUT2D eigenvalue weighted by atomic mass is 10.1. The van der Waals surface area contributed by atoms with Crippen LogP contribution in [0.25, 0.3) is 48.6 Å². The van der Waals surface area contributed by atoms with Crippen LogP contribution >= 0.6 is 46.4 Å². The zero-order chi connectivity index (χ0) is 29.3. The Balaban J connectivity index is 1.63. The molecule has 0 bridgehead atoms. The van der Waals surface area contributed by atoms with Crippen LogP contribution in [0.5, 0.6) is 0 Å². The van der Waals surface area contributed by atoms with Gasteiger partial charge in [-0.1, -0.05) is 119 Å². The zero-order valence-corrected chi connectivity index (χ0v) is 25.3. The highest BCUT2D eigenvalue weighted by Gasteiger charge is 2.09. The average molecular weight is 626 g/mol. The van der Waals surface area contributed by atoms with Gasteiger partial charge in [0.15, 0.2) is 0 Å². The smallest absolute Gasteiger partial charge is 0.0894 e. The molecule has 0 fully saturated rings. The Hall–Kier alpha value is -3.92. The topological polar surface area (TPSA) is 25.8 Å². The second-order valence-electron chi connectivity index (χ2n) is 9.32. The van der Waals surface area contributed by atoms with E-state index in [4.69, 9.17) is 56.4 Å². The van der Waals surface area contributed by atoms with Crippen LogP contribution in [0.15, 0.2) is 97.1 Å². The van der Waals surface area contributed by atoms with Crippen molar-refractivity contribution < 1.29 is 0 Å². The van der Waals surface area contributed by atoms with Gasteiger partial charge in [0.2, 0.25) is 0 Å². The first-order valence-corrected chi connectivity index (χ1v) is 14.6. The molecular formula is C36H24Cl4N2. The van der Waals surface area contributed by atoms with Crippen molar-refractivity contribution in [3.8, 4) is 0 Å². The van der Waals surface area contributed by atoms with Crippen LogP contribution in [0.1, 0.15) is 45.0 Å². The fraction of sp³-hybridized carbons (Fsp3) is 0. The number of hydrogen-bond acceptors (Lipinski definition) is 2. The first-order chi connectivity index (χ1) is 20.4. The summed E-state index contributed by atoms with van der Waals surface area (Å²) in [6, 6.07) is 30.6. The van der Waals surface area contributed by atoms with E-state index in [1.165, 1.54) is 0 Å². The molecule has 206 valence electrons. The lowest BCUT2D eigenvalue weighted by Crippen LogP contribution is -1.99. The van der Waals surface area contributed by atoms with E-state index in [1.54, 1.807) is 0 Å². The second-order valence-corrected chi connectivity index (χ2v) is 11.1. The third kappa shape index (κ3) is 8.55. The van der Waals surface area contributed by atoms with Crippen molar-refractivity contribution >= 4 is 95.0 Å². The number of hydrogen-bond donors (Lipinski definition) is 0. The quantitative estimate of drug-likeness (QED) is 0.171. The molecule has 4 aromatic carbocycles. The molecule has 1 aromatic heterocycles. The van der Waals surface area contributed by atoms with Crippen LogP contribution in [-0.4, -0.2) is 9.97 Å². The predicted octanol–water partition coefficient (Wildman–Crippen LogP) is 11.8. The van der Waals surface area contributed by atoms with Crippen molar-refractivity contribution in [1.29, 1.82) is 0 Å². The summed E-state index contributed by atoms with van der Waals surface area (Å²) < 4.78 is 0. The summed E-state index contributed by atoms with van der Waals surface area (Å²) in [6.45, 7) is 0. The van der Waals surface area contributed by atoms with Gasteiger partial charge in [-0.3, -0.25) is 0 Å². The highest BCUT2D eigenvalue weighted by Crippen LogP contribution is 2.22. The Morgan fingerprint density at radius 3 is 0.786 bits per heavy atom. The molecule has 0 saturated carbocycles. The maximum Gasteiger partial charge on any atom is 0.0894 e. The van der Waals surface area contributed by atoms with Gasteiger partial charge in [-0.05, 0) is 95.1 Å². The molecule has 0 aliphatic heterocycles. The molecule has 5 rings (SSSR count). The van der Waals surface area contributed by atoms with E-state index in [0.29, 0.717) is 42.9 Å². The third-order valence-electron chi connectivity index (χ3n) is 6.14. The molecule has 42 heavy (non-hydrogen) atoms. The van der Waals surface area contributed by atoms with Crippen molar-refractivity contribution in [2.75, 3.05) is 0 Å². The number of rotatable bonds is 8. The van der Waals surface area contributed by atoms with Crippen LogP contribution in [0, 0.1) is 0 Å². The molecule has 0 amide bonds. The Kier molecular flexibility index (Phi) is 10.1. The zero-order valence-electron chi connectivity index (χ0n) is 22.3. The van der Waals surface area contributed by atoms with E-state index >= 15 is 0 Å². The Labute approximate surface area is 265 Å². The van der Waals surface area contributed by atoms with Crippen molar-refractivity contribution in [2.45, 2.75) is 0 Å². The molecule has 6 heteroatoms. The van der Waals surface area contributed by atoms with Crippen LogP contribution in [0.4, 0.5) is 0 Å². The molecule has 5 aromatic rings. The summed E-state index contributed by atoms with van der Waals surface area (Å²) in [6.07, 6.45) is 15.7. The summed E-state index contributed by atoms with van der Waals surface area (Å²) in [5, 5.41) is 2.65. The van der Waals surface area contributed by atoms with Crippen LogP contribution in [0.3, 0.4) is 0 Å². The highest BCUT2D eigenvalue weighted by atomic mass is 35.5. The van der Waals surface area contributed by atoms with E-state index in [2.05, 4.69) is 0 Å². The van der Waals surface area contributed by atoms with E-state index in [0.717, 1.165) is 22.3 Å². The standard InChI is InChI=1S/C36H24Cl4N2/c37-29-9-1-5-25(21-29)13-17-33-34(18-14-26-6-2-10-30(38)22-26)42-36(20-16-28-8-4-12-32(40)24-28)35(41-33)19-15-27-7-3-11-31(39)23-27/h1-24H. The molecule has 0 atom stereocenters. The minimum absolute atomic E-state index is 0.663. The van der Waals surface area contributed by atoms with E-state index in [-0.39, 0.29) is 0 Å². The van der Waals surface area contributed by atoms with Gasteiger partial charge in [-0.2, -0.15) is 0 Å².